The van der Waals surface area contributed by atoms with Crippen LogP contribution in [0.3, 0.4) is 0 Å². The van der Waals surface area contributed by atoms with Crippen LogP contribution in [0.5, 0.6) is 0 Å². The van der Waals surface area contributed by atoms with Crippen molar-refractivity contribution in [3.63, 3.8) is 0 Å². The standard InChI is InChI=1S/C24H20N2O3/c1-16-10-8-9-15-19(16)25-23(27)20-21(17-11-4-2-5-12-17)26(29-22(20)24(25)28)18-13-6-3-7-14-18/h2-15,20-22H,1H3/t20-,21+,22+/m0/s1. The van der Waals surface area contributed by atoms with Crippen LogP contribution in [-0.4, -0.2) is 17.9 Å². The van der Waals surface area contributed by atoms with Gasteiger partial charge in [-0.2, -0.15) is 0 Å². The fourth-order valence-corrected chi connectivity index (χ4v) is 4.25. The number of hydrogen-bond donors (Lipinski definition) is 0. The Labute approximate surface area is 169 Å². The molecular weight excluding hydrogens is 364 g/mol. The molecule has 5 nitrogen and oxygen atoms in total. The van der Waals surface area contributed by atoms with Crippen molar-refractivity contribution in [1.82, 2.24) is 0 Å². The van der Waals surface area contributed by atoms with E-state index in [0.29, 0.717) is 5.69 Å². The molecule has 0 spiro atoms. The molecule has 144 valence electrons. The van der Waals surface area contributed by atoms with Crippen LogP contribution in [0.25, 0.3) is 0 Å². The monoisotopic (exact) mass is 384 g/mol. The van der Waals surface area contributed by atoms with Gasteiger partial charge in [-0.05, 0) is 36.2 Å². The molecular formula is C24H20N2O3. The highest BCUT2D eigenvalue weighted by Crippen LogP contribution is 2.47. The summed E-state index contributed by atoms with van der Waals surface area (Å²) >= 11 is 0. The van der Waals surface area contributed by atoms with Crippen LogP contribution >= 0.6 is 0 Å². The third kappa shape index (κ3) is 2.74. The Hall–Kier alpha value is -3.44. The summed E-state index contributed by atoms with van der Waals surface area (Å²) in [5, 5.41) is 1.72. The third-order valence-corrected chi connectivity index (χ3v) is 5.62. The highest BCUT2D eigenvalue weighted by Gasteiger charge is 2.60. The molecule has 29 heavy (non-hydrogen) atoms. The van der Waals surface area contributed by atoms with Crippen LogP contribution in [0.1, 0.15) is 17.2 Å². The van der Waals surface area contributed by atoms with Crippen molar-refractivity contribution in [3.8, 4) is 0 Å². The first-order valence-corrected chi connectivity index (χ1v) is 9.66. The van der Waals surface area contributed by atoms with Gasteiger partial charge in [0.1, 0.15) is 5.92 Å². The lowest BCUT2D eigenvalue weighted by Gasteiger charge is -2.29. The van der Waals surface area contributed by atoms with E-state index in [1.807, 2.05) is 85.8 Å². The van der Waals surface area contributed by atoms with Crippen molar-refractivity contribution >= 4 is 23.2 Å². The summed E-state index contributed by atoms with van der Waals surface area (Å²) in [7, 11) is 0. The second-order valence-corrected chi connectivity index (χ2v) is 7.37. The molecule has 0 unspecified atom stereocenters. The van der Waals surface area contributed by atoms with Gasteiger partial charge < -0.3 is 0 Å². The summed E-state index contributed by atoms with van der Waals surface area (Å²) in [6.07, 6.45) is -0.840. The van der Waals surface area contributed by atoms with E-state index in [1.165, 1.54) is 4.90 Å². The predicted molar refractivity (Wildman–Crippen MR) is 110 cm³/mol. The minimum Gasteiger partial charge on any atom is -0.273 e. The van der Waals surface area contributed by atoms with Gasteiger partial charge in [-0.25, -0.2) is 9.96 Å². The Balaban J connectivity index is 1.60. The molecule has 3 aromatic rings. The number of carbonyl (C=O) groups is 2. The zero-order valence-electron chi connectivity index (χ0n) is 15.9. The van der Waals surface area contributed by atoms with Crippen molar-refractivity contribution in [2.24, 2.45) is 5.92 Å². The molecule has 0 aliphatic carbocycles. The van der Waals surface area contributed by atoms with Gasteiger partial charge >= 0.3 is 0 Å². The molecule has 2 saturated heterocycles. The Morgan fingerprint density at radius 3 is 2.07 bits per heavy atom. The minimum atomic E-state index is -0.840. The van der Waals surface area contributed by atoms with Crippen molar-refractivity contribution in [1.29, 1.82) is 0 Å². The first-order chi connectivity index (χ1) is 14.2. The van der Waals surface area contributed by atoms with Crippen molar-refractivity contribution in [2.45, 2.75) is 19.1 Å². The number of benzene rings is 3. The van der Waals surface area contributed by atoms with Gasteiger partial charge in [-0.3, -0.25) is 14.4 Å². The lowest BCUT2D eigenvalue weighted by Crippen LogP contribution is -2.37. The maximum atomic E-state index is 13.5. The SMILES string of the molecule is Cc1ccccc1N1C(=O)[C@H]2[C@@H](c3ccccc3)N(c3ccccc3)O[C@H]2C1=O. The van der Waals surface area contributed by atoms with Gasteiger partial charge in [0.15, 0.2) is 6.10 Å². The second kappa shape index (κ2) is 6.87. The first-order valence-electron chi connectivity index (χ1n) is 9.66. The first kappa shape index (κ1) is 17.6. The van der Waals surface area contributed by atoms with Gasteiger partial charge in [0, 0.05) is 0 Å². The van der Waals surface area contributed by atoms with E-state index < -0.39 is 12.0 Å². The number of carbonyl (C=O) groups excluding carboxylic acids is 2. The molecule has 2 aliphatic rings. The number of imide groups is 1. The van der Waals surface area contributed by atoms with Crippen molar-refractivity contribution in [3.05, 3.63) is 96.1 Å². The molecule has 0 bridgehead atoms. The topological polar surface area (TPSA) is 49.9 Å². The van der Waals surface area contributed by atoms with Crippen LogP contribution in [0.15, 0.2) is 84.9 Å². The number of rotatable bonds is 3. The molecule has 0 N–H and O–H groups in total. The number of amides is 2. The molecule has 3 aromatic carbocycles. The largest absolute Gasteiger partial charge is 0.273 e. The van der Waals surface area contributed by atoms with Gasteiger partial charge in [0.2, 0.25) is 5.91 Å². The number of para-hydroxylation sites is 2. The van der Waals surface area contributed by atoms with E-state index >= 15 is 0 Å². The Morgan fingerprint density at radius 2 is 1.38 bits per heavy atom. The summed E-state index contributed by atoms with van der Waals surface area (Å²) in [4.78, 5) is 34.2. The lowest BCUT2D eigenvalue weighted by atomic mass is 9.90. The summed E-state index contributed by atoms with van der Waals surface area (Å²) in [6.45, 7) is 1.90. The fraction of sp³-hybridized carbons (Fsp3) is 0.167. The summed E-state index contributed by atoms with van der Waals surface area (Å²) in [6, 6.07) is 26.4. The molecule has 5 heteroatoms. The summed E-state index contributed by atoms with van der Waals surface area (Å²) in [5.41, 5.74) is 3.26. The number of aryl methyl sites for hydroxylation is 1. The van der Waals surface area contributed by atoms with Gasteiger partial charge in [-0.1, -0.05) is 66.7 Å². The molecule has 2 heterocycles. The Bertz CT molecular complexity index is 1070. The van der Waals surface area contributed by atoms with Gasteiger partial charge in [-0.15, -0.1) is 0 Å². The molecule has 3 atom stereocenters. The van der Waals surface area contributed by atoms with E-state index in [4.69, 9.17) is 4.84 Å². The number of nitrogens with zero attached hydrogens (tertiary/aromatic N) is 2. The van der Waals surface area contributed by atoms with Gasteiger partial charge in [0.25, 0.3) is 5.91 Å². The average molecular weight is 384 g/mol. The number of fused-ring (bicyclic) bond motifs is 1. The van der Waals surface area contributed by atoms with E-state index in [-0.39, 0.29) is 17.9 Å². The predicted octanol–water partition coefficient (Wildman–Crippen LogP) is 4.05. The van der Waals surface area contributed by atoms with Crippen LogP contribution in [0.4, 0.5) is 11.4 Å². The smallest absolute Gasteiger partial charge is 0.266 e. The van der Waals surface area contributed by atoms with E-state index in [2.05, 4.69) is 0 Å². The van der Waals surface area contributed by atoms with E-state index in [9.17, 15) is 9.59 Å². The lowest BCUT2D eigenvalue weighted by molar-refractivity contribution is -0.126. The summed E-state index contributed by atoms with van der Waals surface area (Å²) in [5.74, 6) is -1.14. The highest BCUT2D eigenvalue weighted by molar-refractivity contribution is 6.24. The van der Waals surface area contributed by atoms with Crippen molar-refractivity contribution in [2.75, 3.05) is 9.96 Å². The van der Waals surface area contributed by atoms with E-state index in [1.54, 1.807) is 11.1 Å². The van der Waals surface area contributed by atoms with Crippen LogP contribution in [-0.2, 0) is 14.4 Å². The average Bonchev–Trinajstić information content (AvgIpc) is 3.26. The zero-order valence-corrected chi connectivity index (χ0v) is 15.9. The van der Waals surface area contributed by atoms with Gasteiger partial charge in [0.05, 0.1) is 17.4 Å². The maximum Gasteiger partial charge on any atom is 0.266 e. The maximum absolute atomic E-state index is 13.5. The fourth-order valence-electron chi connectivity index (χ4n) is 4.25. The molecule has 2 fully saturated rings. The number of hydroxylamine groups is 1. The van der Waals surface area contributed by atoms with E-state index in [0.717, 1.165) is 16.8 Å². The molecule has 2 aliphatic heterocycles. The molecule has 0 saturated carbocycles. The molecule has 0 radical (unpaired) electrons. The van der Waals surface area contributed by atoms with Crippen LogP contribution < -0.4 is 9.96 Å². The zero-order chi connectivity index (χ0) is 20.0. The van der Waals surface area contributed by atoms with Crippen LogP contribution in [0.2, 0.25) is 0 Å². The minimum absolute atomic E-state index is 0.221. The highest BCUT2D eigenvalue weighted by atomic mass is 16.7. The molecule has 5 rings (SSSR count). The number of hydrogen-bond acceptors (Lipinski definition) is 4. The second-order valence-electron chi connectivity index (χ2n) is 7.37. The van der Waals surface area contributed by atoms with Crippen molar-refractivity contribution < 1.29 is 14.4 Å². The molecule has 2 amide bonds. The Morgan fingerprint density at radius 1 is 0.759 bits per heavy atom. The number of anilines is 2. The normalized spacial score (nSPS) is 23.6. The Kier molecular flexibility index (Phi) is 4.18. The molecule has 0 aromatic heterocycles. The summed E-state index contributed by atoms with van der Waals surface area (Å²) < 4.78 is 0. The quantitative estimate of drug-likeness (QED) is 0.640. The third-order valence-electron chi connectivity index (χ3n) is 5.62. The van der Waals surface area contributed by atoms with Crippen LogP contribution in [0, 0.1) is 12.8 Å².